The van der Waals surface area contributed by atoms with Gasteiger partial charge in [0.25, 0.3) is 0 Å². The van der Waals surface area contributed by atoms with Crippen LogP contribution in [0.5, 0.6) is 0 Å². The van der Waals surface area contributed by atoms with Crippen LogP contribution >= 0.6 is 0 Å². The molecule has 0 saturated carbocycles. The summed E-state index contributed by atoms with van der Waals surface area (Å²) in [6.45, 7) is 9.31. The van der Waals surface area contributed by atoms with Crippen molar-refractivity contribution in [3.05, 3.63) is 75.4 Å². The Bertz CT molecular complexity index is 814. The molecule has 1 N–H and O–H groups in total. The van der Waals surface area contributed by atoms with E-state index in [0.717, 1.165) is 38.9 Å². The highest BCUT2D eigenvalue weighted by atomic mass is 16.4. The molecule has 0 aliphatic heterocycles. The molecule has 3 nitrogen and oxygen atoms in total. The minimum absolute atomic E-state index is 0.0335. The average molecular weight is 322 g/mol. The fraction of sp³-hybridized carbons (Fsp3) is 0.238. The van der Waals surface area contributed by atoms with Crippen molar-refractivity contribution in [2.75, 3.05) is 0 Å². The zero-order valence-electron chi connectivity index (χ0n) is 14.7. The van der Waals surface area contributed by atoms with Gasteiger partial charge < -0.3 is 5.11 Å². The van der Waals surface area contributed by atoms with E-state index in [4.69, 9.17) is 0 Å². The summed E-state index contributed by atoms with van der Waals surface area (Å²) in [6, 6.07) is 9.48. The number of benzene rings is 2. The Kier molecular flexibility index (Phi) is 5.03. The summed E-state index contributed by atoms with van der Waals surface area (Å²) < 4.78 is 0. The maximum Gasteiger partial charge on any atom is 0.328 e. The lowest BCUT2D eigenvalue weighted by atomic mass is 9.82. The van der Waals surface area contributed by atoms with Crippen LogP contribution < -0.4 is 0 Å². The van der Waals surface area contributed by atoms with E-state index in [1.807, 2.05) is 58.0 Å². The molecule has 0 saturated heterocycles. The van der Waals surface area contributed by atoms with Gasteiger partial charge in [0.2, 0.25) is 0 Å². The van der Waals surface area contributed by atoms with Crippen molar-refractivity contribution in [1.82, 2.24) is 0 Å². The molecule has 0 aliphatic rings. The summed E-state index contributed by atoms with van der Waals surface area (Å²) in [7, 11) is 0. The Morgan fingerprint density at radius 3 is 1.71 bits per heavy atom. The fourth-order valence-electron chi connectivity index (χ4n) is 3.29. The zero-order valence-corrected chi connectivity index (χ0v) is 14.7. The highest BCUT2D eigenvalue weighted by Crippen LogP contribution is 2.35. The largest absolute Gasteiger partial charge is 0.478 e. The average Bonchev–Trinajstić information content (AvgIpc) is 2.52. The SMILES string of the molecule is CC(=O)c1c(C)c(C)c(/C(=C/C(=O)O)c2ccccc2)c(C)c1C. The number of ketones is 1. The number of hydrogen-bond acceptors (Lipinski definition) is 2. The van der Waals surface area contributed by atoms with Gasteiger partial charge in [0.1, 0.15) is 0 Å². The Hall–Kier alpha value is -2.68. The minimum atomic E-state index is -0.987. The molecule has 0 bridgehead atoms. The van der Waals surface area contributed by atoms with E-state index in [2.05, 4.69) is 0 Å². The predicted molar refractivity (Wildman–Crippen MR) is 96.6 cm³/mol. The fourth-order valence-corrected chi connectivity index (χ4v) is 3.29. The number of carbonyl (C=O) groups is 2. The van der Waals surface area contributed by atoms with Crippen molar-refractivity contribution in [1.29, 1.82) is 0 Å². The van der Waals surface area contributed by atoms with E-state index in [1.54, 1.807) is 6.92 Å². The molecule has 0 unspecified atom stereocenters. The number of carbonyl (C=O) groups excluding carboxylic acids is 1. The lowest BCUT2D eigenvalue weighted by Gasteiger charge is -2.21. The van der Waals surface area contributed by atoms with Crippen LogP contribution in [-0.4, -0.2) is 16.9 Å². The summed E-state index contributed by atoms with van der Waals surface area (Å²) in [4.78, 5) is 23.4. The molecule has 124 valence electrons. The van der Waals surface area contributed by atoms with Gasteiger partial charge in [-0.1, -0.05) is 30.3 Å². The van der Waals surface area contributed by atoms with E-state index in [0.29, 0.717) is 5.57 Å². The molecule has 2 aromatic carbocycles. The van der Waals surface area contributed by atoms with Gasteiger partial charge in [-0.2, -0.15) is 0 Å². The number of hydrogen-bond donors (Lipinski definition) is 1. The second-order valence-electron chi connectivity index (χ2n) is 6.07. The number of carboxylic acids is 1. The normalized spacial score (nSPS) is 11.5. The molecule has 0 amide bonds. The highest BCUT2D eigenvalue weighted by Gasteiger charge is 2.20. The Balaban J connectivity index is 2.87. The van der Waals surface area contributed by atoms with Crippen LogP contribution in [0.2, 0.25) is 0 Å². The second kappa shape index (κ2) is 6.83. The number of aliphatic carboxylic acids is 1. The second-order valence-corrected chi connectivity index (χ2v) is 6.07. The van der Waals surface area contributed by atoms with Gasteiger partial charge in [0.05, 0.1) is 0 Å². The number of Topliss-reactive ketones (excluding diaryl/α,β-unsaturated/α-hetero) is 1. The van der Waals surface area contributed by atoms with Crippen molar-refractivity contribution in [2.24, 2.45) is 0 Å². The molecule has 0 aromatic heterocycles. The van der Waals surface area contributed by atoms with Crippen molar-refractivity contribution in [3.63, 3.8) is 0 Å². The third kappa shape index (κ3) is 3.16. The Labute approximate surface area is 142 Å². The lowest BCUT2D eigenvalue weighted by Crippen LogP contribution is -2.09. The quantitative estimate of drug-likeness (QED) is 0.659. The van der Waals surface area contributed by atoms with E-state index < -0.39 is 5.97 Å². The summed E-state index contributed by atoms with van der Waals surface area (Å²) in [5, 5.41) is 9.34. The Morgan fingerprint density at radius 2 is 1.29 bits per heavy atom. The van der Waals surface area contributed by atoms with E-state index in [1.165, 1.54) is 6.08 Å². The smallest absolute Gasteiger partial charge is 0.328 e. The summed E-state index contributed by atoms with van der Waals surface area (Å²) in [6.07, 6.45) is 1.25. The summed E-state index contributed by atoms with van der Waals surface area (Å²) in [5.41, 5.74) is 6.85. The molecule has 0 heterocycles. The first kappa shape index (κ1) is 17.7. The maximum atomic E-state index is 12.0. The van der Waals surface area contributed by atoms with Crippen molar-refractivity contribution in [2.45, 2.75) is 34.6 Å². The van der Waals surface area contributed by atoms with Gasteiger partial charge in [-0.15, -0.1) is 0 Å². The maximum absolute atomic E-state index is 12.0. The first-order chi connectivity index (χ1) is 11.3. The van der Waals surface area contributed by atoms with Gasteiger partial charge in [-0.25, -0.2) is 4.79 Å². The molecule has 0 atom stereocenters. The molecule has 2 aromatic rings. The molecule has 3 heteroatoms. The van der Waals surface area contributed by atoms with Gasteiger partial charge in [-0.05, 0) is 73.6 Å². The summed E-state index contributed by atoms with van der Waals surface area (Å²) >= 11 is 0. The van der Waals surface area contributed by atoms with E-state index >= 15 is 0 Å². The van der Waals surface area contributed by atoms with Gasteiger partial charge in [0.15, 0.2) is 5.78 Å². The van der Waals surface area contributed by atoms with Crippen LogP contribution in [0.25, 0.3) is 5.57 Å². The lowest BCUT2D eigenvalue weighted by molar-refractivity contribution is -0.131. The molecule has 24 heavy (non-hydrogen) atoms. The monoisotopic (exact) mass is 322 g/mol. The van der Waals surface area contributed by atoms with Gasteiger partial charge >= 0.3 is 5.97 Å². The third-order valence-electron chi connectivity index (χ3n) is 4.60. The van der Waals surface area contributed by atoms with Crippen molar-refractivity contribution >= 4 is 17.3 Å². The van der Waals surface area contributed by atoms with Crippen LogP contribution in [0.15, 0.2) is 36.4 Å². The molecular formula is C21H22O3. The predicted octanol–water partition coefficient (Wildman–Crippen LogP) is 4.64. The number of rotatable bonds is 4. The molecule has 2 rings (SSSR count). The number of carboxylic acid groups (broad SMARTS) is 1. The van der Waals surface area contributed by atoms with E-state index in [-0.39, 0.29) is 5.78 Å². The van der Waals surface area contributed by atoms with E-state index in [9.17, 15) is 14.7 Å². The molecule has 0 radical (unpaired) electrons. The van der Waals surface area contributed by atoms with Crippen LogP contribution in [-0.2, 0) is 4.79 Å². The topological polar surface area (TPSA) is 54.4 Å². The molecule has 0 spiro atoms. The zero-order chi connectivity index (χ0) is 18.0. The standard InChI is InChI=1S/C21H22O3/c1-12-14(3)21(15(4)13(2)20(12)16(5)22)18(11-19(23)24)17-9-7-6-8-10-17/h6-11H,1-5H3,(H,23,24)/b18-11+. The first-order valence-corrected chi connectivity index (χ1v) is 7.87. The van der Waals surface area contributed by atoms with Crippen molar-refractivity contribution in [3.8, 4) is 0 Å². The van der Waals surface area contributed by atoms with Crippen molar-refractivity contribution < 1.29 is 14.7 Å². The summed E-state index contributed by atoms with van der Waals surface area (Å²) in [5.74, 6) is -0.954. The van der Waals surface area contributed by atoms with Crippen LogP contribution in [0.3, 0.4) is 0 Å². The highest BCUT2D eigenvalue weighted by molar-refractivity contribution is 6.01. The van der Waals surface area contributed by atoms with Crippen LogP contribution in [0.1, 0.15) is 50.7 Å². The van der Waals surface area contributed by atoms with Crippen LogP contribution in [0.4, 0.5) is 0 Å². The first-order valence-electron chi connectivity index (χ1n) is 7.87. The van der Waals surface area contributed by atoms with Crippen LogP contribution in [0, 0.1) is 27.7 Å². The third-order valence-corrected chi connectivity index (χ3v) is 4.60. The molecule has 0 aliphatic carbocycles. The minimum Gasteiger partial charge on any atom is -0.478 e. The van der Waals surface area contributed by atoms with Gasteiger partial charge in [0, 0.05) is 11.6 Å². The Morgan fingerprint density at radius 1 is 0.833 bits per heavy atom. The molecular weight excluding hydrogens is 300 g/mol. The molecule has 0 fully saturated rings. The van der Waals surface area contributed by atoms with Gasteiger partial charge in [-0.3, -0.25) is 4.79 Å².